The van der Waals surface area contributed by atoms with Crippen molar-refractivity contribution in [3.8, 4) is 22.4 Å². The molecule has 0 unspecified atom stereocenters. The highest BCUT2D eigenvalue weighted by Gasteiger charge is 2.17. The molecule has 162 valence electrons. The Kier molecular flexibility index (Phi) is 5.64. The third-order valence-corrected chi connectivity index (χ3v) is 5.36. The molecular formula is C27H21N3O3. The summed E-state index contributed by atoms with van der Waals surface area (Å²) in [5.41, 5.74) is 5.04. The fourth-order valence-electron chi connectivity index (χ4n) is 3.65. The average molecular weight is 435 g/mol. The molecular weight excluding hydrogens is 414 g/mol. The Labute approximate surface area is 190 Å². The quantitative estimate of drug-likeness (QED) is 0.310. The van der Waals surface area contributed by atoms with Crippen molar-refractivity contribution in [3.63, 3.8) is 0 Å². The van der Waals surface area contributed by atoms with Crippen LogP contribution in [0.3, 0.4) is 0 Å². The van der Waals surface area contributed by atoms with Crippen LogP contribution in [-0.2, 0) is 17.8 Å². The molecule has 0 aliphatic carbocycles. The van der Waals surface area contributed by atoms with Crippen molar-refractivity contribution in [2.24, 2.45) is 0 Å². The molecule has 0 saturated carbocycles. The number of pyridine rings is 1. The number of rotatable bonds is 6. The van der Waals surface area contributed by atoms with E-state index in [1.54, 1.807) is 6.07 Å². The van der Waals surface area contributed by atoms with Gasteiger partial charge in [-0.3, -0.25) is 0 Å². The molecule has 0 amide bonds. The van der Waals surface area contributed by atoms with Crippen LogP contribution in [0.4, 0.5) is 0 Å². The lowest BCUT2D eigenvalue weighted by molar-refractivity contribution is 0.0439. The molecule has 5 rings (SSSR count). The van der Waals surface area contributed by atoms with Crippen LogP contribution in [0.1, 0.15) is 29.1 Å². The van der Waals surface area contributed by atoms with Crippen molar-refractivity contribution in [1.29, 1.82) is 0 Å². The summed E-state index contributed by atoms with van der Waals surface area (Å²) in [6, 6.07) is 27.6. The number of benzene rings is 3. The first-order valence-electron chi connectivity index (χ1n) is 10.8. The fraction of sp³-hybridized carbons (Fsp3) is 0.111. The average Bonchev–Trinajstić information content (AvgIpc) is 3.35. The largest absolute Gasteiger partial charge is 0.452 e. The Bertz CT molecular complexity index is 1410. The summed E-state index contributed by atoms with van der Waals surface area (Å²) in [6.07, 6.45) is 0.627. The molecule has 0 fully saturated rings. The van der Waals surface area contributed by atoms with Crippen molar-refractivity contribution in [3.05, 3.63) is 102 Å². The zero-order valence-electron chi connectivity index (χ0n) is 18.1. The van der Waals surface area contributed by atoms with E-state index in [0.29, 0.717) is 23.6 Å². The topological polar surface area (TPSA) is 78.1 Å². The second-order valence-electron chi connectivity index (χ2n) is 7.53. The molecule has 0 spiro atoms. The van der Waals surface area contributed by atoms with E-state index in [9.17, 15) is 4.79 Å². The molecule has 33 heavy (non-hydrogen) atoms. The zero-order chi connectivity index (χ0) is 22.6. The number of ether oxygens (including phenoxy) is 1. The fourth-order valence-corrected chi connectivity index (χ4v) is 3.65. The van der Waals surface area contributed by atoms with Crippen LogP contribution >= 0.6 is 0 Å². The monoisotopic (exact) mass is 435 g/mol. The van der Waals surface area contributed by atoms with Crippen molar-refractivity contribution < 1.29 is 13.9 Å². The predicted molar refractivity (Wildman–Crippen MR) is 125 cm³/mol. The summed E-state index contributed by atoms with van der Waals surface area (Å²) in [4.78, 5) is 17.8. The number of nitrogens with zero attached hydrogens (tertiary/aromatic N) is 3. The molecule has 2 aromatic heterocycles. The van der Waals surface area contributed by atoms with Gasteiger partial charge in [-0.05, 0) is 23.3 Å². The van der Waals surface area contributed by atoms with E-state index in [2.05, 4.69) is 34.5 Å². The summed E-state index contributed by atoms with van der Waals surface area (Å²) in [5, 5.41) is 8.54. The van der Waals surface area contributed by atoms with Crippen LogP contribution in [0, 0.1) is 0 Å². The van der Waals surface area contributed by atoms with E-state index in [-0.39, 0.29) is 12.5 Å². The van der Waals surface area contributed by atoms with Crippen LogP contribution < -0.4 is 0 Å². The van der Waals surface area contributed by atoms with Crippen molar-refractivity contribution in [2.75, 3.05) is 0 Å². The van der Waals surface area contributed by atoms with Gasteiger partial charge in [0.15, 0.2) is 6.61 Å². The van der Waals surface area contributed by atoms with Gasteiger partial charge in [0.25, 0.3) is 5.89 Å². The molecule has 0 saturated heterocycles. The number of esters is 1. The van der Waals surface area contributed by atoms with Gasteiger partial charge in [0.2, 0.25) is 5.89 Å². The molecule has 6 nitrogen and oxygen atoms in total. The van der Waals surface area contributed by atoms with Gasteiger partial charge in [0.05, 0.1) is 16.8 Å². The number of hydrogen-bond donors (Lipinski definition) is 0. The standard InChI is InChI=1S/C27H21N3O3/c1-2-25-29-30-26(33-25)17-32-27(31)22-16-24(28-23-11-7-6-10-21(22)23)20-14-12-19(13-15-20)18-8-4-3-5-9-18/h3-16H,2,17H2,1H3. The van der Waals surface area contributed by atoms with Gasteiger partial charge < -0.3 is 9.15 Å². The molecule has 6 heteroatoms. The van der Waals surface area contributed by atoms with Crippen LogP contribution in [0.25, 0.3) is 33.3 Å². The van der Waals surface area contributed by atoms with E-state index in [1.165, 1.54) is 0 Å². The SMILES string of the molecule is CCc1nnc(COC(=O)c2cc(-c3ccc(-c4ccccc4)cc3)nc3ccccc23)o1. The second kappa shape index (κ2) is 9.04. The number of fused-ring (bicyclic) bond motifs is 1. The highest BCUT2D eigenvalue weighted by Crippen LogP contribution is 2.28. The predicted octanol–water partition coefficient (Wildman–Crippen LogP) is 5.87. The van der Waals surface area contributed by atoms with Gasteiger partial charge in [-0.15, -0.1) is 10.2 Å². The smallest absolute Gasteiger partial charge is 0.339 e. The Morgan fingerprint density at radius 2 is 1.48 bits per heavy atom. The van der Waals surface area contributed by atoms with Crippen LogP contribution in [0.5, 0.6) is 0 Å². The zero-order valence-corrected chi connectivity index (χ0v) is 18.1. The lowest BCUT2D eigenvalue weighted by Crippen LogP contribution is -2.07. The Morgan fingerprint density at radius 3 is 2.24 bits per heavy atom. The molecule has 2 heterocycles. The van der Waals surface area contributed by atoms with Crippen molar-refractivity contribution in [1.82, 2.24) is 15.2 Å². The molecule has 0 aliphatic rings. The lowest BCUT2D eigenvalue weighted by atomic mass is 10.0. The number of carbonyl (C=O) groups is 1. The van der Waals surface area contributed by atoms with Gasteiger partial charge >= 0.3 is 5.97 Å². The minimum atomic E-state index is -0.466. The van der Waals surface area contributed by atoms with Gasteiger partial charge in [0, 0.05) is 17.4 Å². The summed E-state index contributed by atoms with van der Waals surface area (Å²) >= 11 is 0. The van der Waals surface area contributed by atoms with E-state index in [4.69, 9.17) is 14.1 Å². The lowest BCUT2D eigenvalue weighted by Gasteiger charge is -2.10. The minimum Gasteiger partial charge on any atom is -0.452 e. The Hall–Kier alpha value is -4.32. The normalized spacial score (nSPS) is 10.9. The van der Waals surface area contributed by atoms with Gasteiger partial charge in [-0.2, -0.15) is 0 Å². The second-order valence-corrected chi connectivity index (χ2v) is 7.53. The number of aryl methyl sites for hydroxylation is 1. The maximum absolute atomic E-state index is 13.0. The van der Waals surface area contributed by atoms with Gasteiger partial charge in [0.1, 0.15) is 0 Å². The van der Waals surface area contributed by atoms with Crippen LogP contribution in [0.15, 0.2) is 89.3 Å². The molecule has 3 aromatic carbocycles. The number of aromatic nitrogens is 3. The van der Waals surface area contributed by atoms with E-state index >= 15 is 0 Å². The minimum absolute atomic E-state index is 0.0798. The van der Waals surface area contributed by atoms with E-state index in [1.807, 2.05) is 61.5 Å². The number of carbonyl (C=O) groups excluding carboxylic acids is 1. The number of para-hydroxylation sites is 1. The summed E-state index contributed by atoms with van der Waals surface area (Å²) in [5.74, 6) is 0.318. The van der Waals surface area contributed by atoms with E-state index < -0.39 is 5.97 Å². The summed E-state index contributed by atoms with van der Waals surface area (Å²) in [6.45, 7) is 1.84. The number of hydrogen-bond acceptors (Lipinski definition) is 6. The molecule has 0 N–H and O–H groups in total. The highest BCUT2D eigenvalue weighted by atomic mass is 16.5. The third-order valence-electron chi connectivity index (χ3n) is 5.36. The highest BCUT2D eigenvalue weighted by molar-refractivity contribution is 6.04. The summed E-state index contributed by atoms with van der Waals surface area (Å²) < 4.78 is 10.9. The summed E-state index contributed by atoms with van der Waals surface area (Å²) in [7, 11) is 0. The first kappa shape index (κ1) is 20.6. The maximum Gasteiger partial charge on any atom is 0.339 e. The van der Waals surface area contributed by atoms with Crippen molar-refractivity contribution in [2.45, 2.75) is 20.0 Å². The molecule has 0 aliphatic heterocycles. The molecule has 0 bridgehead atoms. The molecule has 0 radical (unpaired) electrons. The molecule has 0 atom stereocenters. The van der Waals surface area contributed by atoms with Crippen LogP contribution in [0.2, 0.25) is 0 Å². The first-order chi connectivity index (χ1) is 16.2. The first-order valence-corrected chi connectivity index (χ1v) is 10.8. The van der Waals surface area contributed by atoms with Gasteiger partial charge in [-0.25, -0.2) is 9.78 Å². The van der Waals surface area contributed by atoms with Crippen molar-refractivity contribution >= 4 is 16.9 Å². The molecule has 5 aromatic rings. The maximum atomic E-state index is 13.0. The Balaban J connectivity index is 1.46. The van der Waals surface area contributed by atoms with E-state index in [0.717, 1.165) is 27.6 Å². The third kappa shape index (κ3) is 4.36. The Morgan fingerprint density at radius 1 is 0.818 bits per heavy atom. The van der Waals surface area contributed by atoms with Gasteiger partial charge in [-0.1, -0.05) is 79.7 Å². The van der Waals surface area contributed by atoms with Crippen LogP contribution in [-0.4, -0.2) is 21.2 Å².